The van der Waals surface area contributed by atoms with Crippen LogP contribution in [0.15, 0.2) is 24.3 Å². The van der Waals surface area contributed by atoms with E-state index in [9.17, 15) is 13.2 Å². The van der Waals surface area contributed by atoms with Crippen molar-refractivity contribution >= 4 is 21.4 Å². The molecule has 1 amide bonds. The predicted molar refractivity (Wildman–Crippen MR) is 85.7 cm³/mol. The molecule has 0 saturated heterocycles. The average Bonchev–Trinajstić information content (AvgIpc) is 2.25. The molecule has 1 rings (SSSR count). The van der Waals surface area contributed by atoms with Gasteiger partial charge in [-0.25, -0.2) is 8.42 Å². The van der Waals surface area contributed by atoms with Crippen LogP contribution in [0.2, 0.25) is 0 Å². The Morgan fingerprint density at radius 2 is 1.95 bits per heavy atom. The number of hydrogen-bond donors (Lipinski definition) is 2. The highest BCUT2D eigenvalue weighted by molar-refractivity contribution is 7.91. The normalized spacial score (nSPS) is 13.8. The standard InChI is InChI=1S/C15H24N2O3S/c1-11(16)8-14(18)17-13-7-5-6-12(9-13)10-21(19,20)15(2,3)4/h5-7,9,11H,8,10,16H2,1-4H3,(H,17,18). The number of carbonyl (C=O) groups is 1. The van der Waals surface area contributed by atoms with Gasteiger partial charge in [0.05, 0.1) is 10.5 Å². The number of sulfone groups is 1. The summed E-state index contributed by atoms with van der Waals surface area (Å²) >= 11 is 0. The molecular formula is C15H24N2O3S. The van der Waals surface area contributed by atoms with E-state index in [0.717, 1.165) is 0 Å². The lowest BCUT2D eigenvalue weighted by Crippen LogP contribution is -2.29. The highest BCUT2D eigenvalue weighted by atomic mass is 32.2. The monoisotopic (exact) mass is 312 g/mol. The summed E-state index contributed by atoms with van der Waals surface area (Å²) in [5, 5.41) is 2.72. The van der Waals surface area contributed by atoms with Crippen molar-refractivity contribution in [3.8, 4) is 0 Å². The van der Waals surface area contributed by atoms with E-state index in [1.165, 1.54) is 0 Å². The maximum absolute atomic E-state index is 12.2. The number of rotatable bonds is 5. The zero-order valence-corrected chi connectivity index (χ0v) is 13.8. The molecule has 1 atom stereocenters. The Balaban J connectivity index is 2.85. The van der Waals surface area contributed by atoms with E-state index in [1.54, 1.807) is 52.0 Å². The van der Waals surface area contributed by atoms with Crippen LogP contribution in [-0.4, -0.2) is 25.1 Å². The summed E-state index contributed by atoms with van der Waals surface area (Å²) in [7, 11) is -3.25. The summed E-state index contributed by atoms with van der Waals surface area (Å²) in [4.78, 5) is 11.7. The van der Waals surface area contributed by atoms with E-state index in [-0.39, 0.29) is 24.1 Å². The van der Waals surface area contributed by atoms with E-state index in [4.69, 9.17) is 5.73 Å². The molecule has 1 aromatic rings. The molecule has 5 nitrogen and oxygen atoms in total. The van der Waals surface area contributed by atoms with E-state index >= 15 is 0 Å². The molecule has 6 heteroatoms. The molecule has 21 heavy (non-hydrogen) atoms. The van der Waals surface area contributed by atoms with Crippen molar-refractivity contribution in [2.75, 3.05) is 5.32 Å². The molecule has 0 aromatic heterocycles. The van der Waals surface area contributed by atoms with Gasteiger partial charge in [0.25, 0.3) is 0 Å². The molecule has 118 valence electrons. The van der Waals surface area contributed by atoms with Gasteiger partial charge in [0.2, 0.25) is 5.91 Å². The Labute approximate surface area is 126 Å². The quantitative estimate of drug-likeness (QED) is 0.871. The van der Waals surface area contributed by atoms with Gasteiger partial charge in [0.1, 0.15) is 0 Å². The number of carbonyl (C=O) groups excluding carboxylic acids is 1. The fourth-order valence-corrected chi connectivity index (χ4v) is 2.73. The first kappa shape index (κ1) is 17.7. The molecule has 0 spiro atoms. The molecule has 0 aliphatic carbocycles. The minimum Gasteiger partial charge on any atom is -0.327 e. The third kappa shape index (κ3) is 5.47. The van der Waals surface area contributed by atoms with E-state index < -0.39 is 14.6 Å². The lowest BCUT2D eigenvalue weighted by molar-refractivity contribution is -0.116. The summed E-state index contributed by atoms with van der Waals surface area (Å²) in [6, 6.07) is 6.67. The third-order valence-electron chi connectivity index (χ3n) is 3.01. The van der Waals surface area contributed by atoms with Crippen LogP contribution in [0.1, 0.15) is 39.7 Å². The average molecular weight is 312 g/mol. The van der Waals surface area contributed by atoms with Crippen LogP contribution in [-0.2, 0) is 20.4 Å². The summed E-state index contributed by atoms with van der Waals surface area (Å²) in [5.74, 6) is -0.228. The van der Waals surface area contributed by atoms with Crippen LogP contribution in [0.3, 0.4) is 0 Å². The van der Waals surface area contributed by atoms with Gasteiger partial charge in [-0.2, -0.15) is 0 Å². The lowest BCUT2D eigenvalue weighted by atomic mass is 10.2. The van der Waals surface area contributed by atoms with E-state index in [0.29, 0.717) is 11.3 Å². The Morgan fingerprint density at radius 1 is 1.33 bits per heavy atom. The number of nitrogens with two attached hydrogens (primary N) is 1. The summed E-state index contributed by atoms with van der Waals surface area (Å²) < 4.78 is 23.6. The maximum atomic E-state index is 12.2. The molecule has 0 heterocycles. The SMILES string of the molecule is CC(N)CC(=O)Nc1cccc(CS(=O)(=O)C(C)(C)C)c1. The van der Waals surface area contributed by atoms with Crippen LogP contribution >= 0.6 is 0 Å². The highest BCUT2D eigenvalue weighted by Crippen LogP contribution is 2.22. The number of hydrogen-bond acceptors (Lipinski definition) is 4. The lowest BCUT2D eigenvalue weighted by Gasteiger charge is -2.19. The Morgan fingerprint density at radius 3 is 2.48 bits per heavy atom. The maximum Gasteiger partial charge on any atom is 0.225 e. The van der Waals surface area contributed by atoms with Crippen molar-refractivity contribution < 1.29 is 13.2 Å². The number of amides is 1. The van der Waals surface area contributed by atoms with Crippen LogP contribution in [0.4, 0.5) is 5.69 Å². The second-order valence-electron chi connectivity index (χ2n) is 6.30. The minimum atomic E-state index is -3.25. The minimum absolute atomic E-state index is 0.0481. The summed E-state index contributed by atoms with van der Waals surface area (Å²) in [6.45, 7) is 6.79. The van der Waals surface area contributed by atoms with Gasteiger partial charge in [-0.1, -0.05) is 12.1 Å². The highest BCUT2D eigenvalue weighted by Gasteiger charge is 2.28. The third-order valence-corrected chi connectivity index (χ3v) is 5.59. The second-order valence-corrected chi connectivity index (χ2v) is 9.04. The topological polar surface area (TPSA) is 89.3 Å². The Kier molecular flexibility index (Phi) is 5.53. The first-order valence-corrected chi connectivity index (χ1v) is 8.53. The van der Waals surface area contributed by atoms with Crippen molar-refractivity contribution in [1.29, 1.82) is 0 Å². The molecule has 0 fully saturated rings. The van der Waals surface area contributed by atoms with Crippen molar-refractivity contribution in [2.24, 2.45) is 5.73 Å². The second kappa shape index (κ2) is 6.58. The van der Waals surface area contributed by atoms with Crippen LogP contribution in [0, 0.1) is 0 Å². The van der Waals surface area contributed by atoms with Crippen molar-refractivity contribution in [2.45, 2.75) is 50.7 Å². The van der Waals surface area contributed by atoms with Gasteiger partial charge >= 0.3 is 0 Å². The fourth-order valence-electron chi connectivity index (χ4n) is 1.68. The number of anilines is 1. The van der Waals surface area contributed by atoms with E-state index in [2.05, 4.69) is 5.32 Å². The number of nitrogens with one attached hydrogen (secondary N) is 1. The molecule has 0 aliphatic heterocycles. The molecule has 0 bridgehead atoms. The van der Waals surface area contributed by atoms with Crippen molar-refractivity contribution in [1.82, 2.24) is 0 Å². The summed E-state index contributed by atoms with van der Waals surface area (Å²) in [5.41, 5.74) is 6.81. The molecule has 3 N–H and O–H groups in total. The molecule has 0 saturated carbocycles. The van der Waals surface area contributed by atoms with E-state index in [1.807, 2.05) is 0 Å². The fraction of sp³-hybridized carbons (Fsp3) is 0.533. The van der Waals surface area contributed by atoms with Crippen molar-refractivity contribution in [3.05, 3.63) is 29.8 Å². The van der Waals surface area contributed by atoms with Crippen LogP contribution in [0.25, 0.3) is 0 Å². The van der Waals surface area contributed by atoms with Gasteiger partial charge in [-0.3, -0.25) is 4.79 Å². The number of benzene rings is 1. The Hall–Kier alpha value is -1.40. The molecule has 0 aliphatic rings. The Bertz CT molecular complexity index is 602. The van der Waals surface area contributed by atoms with Gasteiger partial charge < -0.3 is 11.1 Å². The predicted octanol–water partition coefficient (Wildman–Crippen LogP) is 2.08. The van der Waals surface area contributed by atoms with Gasteiger partial charge in [-0.05, 0) is 45.4 Å². The zero-order valence-electron chi connectivity index (χ0n) is 13.0. The smallest absolute Gasteiger partial charge is 0.225 e. The first-order chi connectivity index (χ1) is 9.51. The molecule has 0 radical (unpaired) electrons. The van der Waals surface area contributed by atoms with Crippen LogP contribution < -0.4 is 11.1 Å². The summed E-state index contributed by atoms with van der Waals surface area (Å²) in [6.07, 6.45) is 0.227. The molecule has 1 unspecified atom stereocenters. The first-order valence-electron chi connectivity index (χ1n) is 6.88. The van der Waals surface area contributed by atoms with Gasteiger partial charge in [-0.15, -0.1) is 0 Å². The van der Waals surface area contributed by atoms with Crippen LogP contribution in [0.5, 0.6) is 0 Å². The van der Waals surface area contributed by atoms with Crippen molar-refractivity contribution in [3.63, 3.8) is 0 Å². The molecule has 1 aromatic carbocycles. The van der Waals surface area contributed by atoms with Gasteiger partial charge in [0, 0.05) is 18.2 Å². The van der Waals surface area contributed by atoms with Gasteiger partial charge in [0.15, 0.2) is 9.84 Å². The largest absolute Gasteiger partial charge is 0.327 e. The zero-order chi connectivity index (χ0) is 16.3. The molecular weight excluding hydrogens is 288 g/mol.